The predicted molar refractivity (Wildman–Crippen MR) is 124 cm³/mol. The first kappa shape index (κ1) is 23.9. The molecule has 0 atom stereocenters. The highest BCUT2D eigenvalue weighted by molar-refractivity contribution is 7.92. The number of phenols is 1. The van der Waals surface area contributed by atoms with Crippen molar-refractivity contribution in [2.45, 2.75) is 11.3 Å². The number of amides is 2. The topological polar surface area (TPSA) is 138 Å². The van der Waals surface area contributed by atoms with Gasteiger partial charge in [-0.25, -0.2) is 8.42 Å². The molecule has 0 bridgehead atoms. The number of phenolic OH excluding ortho intramolecular Hbond substituents is 1. The first-order valence-corrected chi connectivity index (χ1v) is 11.5. The van der Waals surface area contributed by atoms with Gasteiger partial charge in [0.2, 0.25) is 11.8 Å². The van der Waals surface area contributed by atoms with Crippen LogP contribution in [0.3, 0.4) is 0 Å². The first-order valence-electron chi connectivity index (χ1n) is 9.63. The van der Waals surface area contributed by atoms with Crippen LogP contribution in [0.2, 0.25) is 5.02 Å². The number of benzene rings is 2. The molecule has 2 amide bonds. The van der Waals surface area contributed by atoms with Crippen molar-refractivity contribution in [2.75, 3.05) is 16.6 Å². The average molecular weight is 490 g/mol. The molecule has 0 saturated heterocycles. The molecule has 1 aromatic heterocycles. The maximum Gasteiger partial charge on any atom is 0.261 e. The van der Waals surface area contributed by atoms with Gasteiger partial charge in [-0.1, -0.05) is 17.7 Å². The lowest BCUT2D eigenvalue weighted by atomic mass is 10.2. The summed E-state index contributed by atoms with van der Waals surface area (Å²) >= 11 is 5.88. The second-order valence-electron chi connectivity index (χ2n) is 6.73. The van der Waals surface area contributed by atoms with Crippen molar-refractivity contribution < 1.29 is 27.5 Å². The molecule has 33 heavy (non-hydrogen) atoms. The van der Waals surface area contributed by atoms with Gasteiger partial charge in [0.05, 0.1) is 22.5 Å². The fraction of sp³-hybridized carbons (Fsp3) is 0.0909. The molecular weight excluding hydrogens is 470 g/mol. The van der Waals surface area contributed by atoms with Crippen LogP contribution < -0.4 is 15.4 Å². The molecule has 4 N–H and O–H groups in total. The lowest BCUT2D eigenvalue weighted by molar-refractivity contribution is -0.117. The highest BCUT2D eigenvalue weighted by Gasteiger charge is 2.17. The van der Waals surface area contributed by atoms with Gasteiger partial charge >= 0.3 is 0 Å². The van der Waals surface area contributed by atoms with Crippen LogP contribution in [0, 0.1) is 0 Å². The van der Waals surface area contributed by atoms with Crippen LogP contribution in [-0.2, 0) is 19.6 Å². The molecule has 1 heterocycles. The second-order valence-corrected chi connectivity index (χ2v) is 8.85. The second kappa shape index (κ2) is 10.7. The number of aromatic hydroxyl groups is 1. The van der Waals surface area contributed by atoms with Crippen LogP contribution in [-0.4, -0.2) is 31.9 Å². The van der Waals surface area contributed by atoms with E-state index in [1.54, 1.807) is 24.3 Å². The quantitative estimate of drug-likeness (QED) is 0.267. The number of hydrogen-bond donors (Lipinski definition) is 4. The van der Waals surface area contributed by atoms with Crippen LogP contribution in [0.15, 0.2) is 76.2 Å². The Morgan fingerprint density at radius 1 is 1.09 bits per heavy atom. The molecular formula is C22H20ClN3O6S. The largest absolute Gasteiger partial charge is 0.506 e. The zero-order valence-corrected chi connectivity index (χ0v) is 18.7. The van der Waals surface area contributed by atoms with E-state index in [9.17, 15) is 23.1 Å². The molecule has 3 rings (SSSR count). The molecule has 172 valence electrons. The minimum Gasteiger partial charge on any atom is -0.506 e. The third-order valence-electron chi connectivity index (χ3n) is 4.22. The molecule has 11 heteroatoms. The summed E-state index contributed by atoms with van der Waals surface area (Å²) in [6, 6.07) is 13.0. The Morgan fingerprint density at radius 2 is 1.91 bits per heavy atom. The molecule has 9 nitrogen and oxygen atoms in total. The summed E-state index contributed by atoms with van der Waals surface area (Å²) < 4.78 is 32.7. The van der Waals surface area contributed by atoms with Crippen LogP contribution in [0.4, 0.5) is 11.4 Å². The standard InChI is InChI=1S/C22H20ClN3O6S/c23-15-3-1-4-16(13-15)26-33(30,31)18-7-8-20(27)19(14-18)25-22(29)10-11-24-21(28)9-6-17-5-2-12-32-17/h1-9,12-14,26-27H,10-11H2,(H,24,28)(H,25,29)/b9-6+. The van der Waals surface area contributed by atoms with Gasteiger partial charge in [0.15, 0.2) is 0 Å². The summed E-state index contributed by atoms with van der Waals surface area (Å²) in [6.07, 6.45) is 4.13. The molecule has 0 unspecified atom stereocenters. The van der Waals surface area contributed by atoms with Gasteiger partial charge in [-0.15, -0.1) is 0 Å². The number of rotatable bonds is 9. The maximum absolute atomic E-state index is 12.6. The molecule has 0 saturated carbocycles. The molecule has 0 aliphatic rings. The van der Waals surface area contributed by atoms with Gasteiger partial charge in [-0.3, -0.25) is 14.3 Å². The molecule has 3 aromatic rings. The van der Waals surface area contributed by atoms with Crippen LogP contribution in [0.5, 0.6) is 5.75 Å². The zero-order valence-electron chi connectivity index (χ0n) is 17.1. The first-order chi connectivity index (χ1) is 15.7. The number of furan rings is 1. The summed E-state index contributed by atoms with van der Waals surface area (Å²) in [5, 5.41) is 15.3. The number of anilines is 2. The van der Waals surface area contributed by atoms with E-state index in [1.807, 2.05) is 0 Å². The number of carbonyl (C=O) groups excluding carboxylic acids is 2. The van der Waals surface area contributed by atoms with E-state index >= 15 is 0 Å². The molecule has 0 spiro atoms. The summed E-state index contributed by atoms with van der Waals surface area (Å²) in [7, 11) is -4.00. The summed E-state index contributed by atoms with van der Waals surface area (Å²) in [5.41, 5.74) is 0.177. The monoisotopic (exact) mass is 489 g/mol. The maximum atomic E-state index is 12.6. The third-order valence-corrected chi connectivity index (χ3v) is 5.84. The lowest BCUT2D eigenvalue weighted by Crippen LogP contribution is -2.26. The van der Waals surface area contributed by atoms with E-state index in [2.05, 4.69) is 15.4 Å². The minimum atomic E-state index is -4.00. The van der Waals surface area contributed by atoms with Crippen molar-refractivity contribution in [1.29, 1.82) is 0 Å². The van der Waals surface area contributed by atoms with Gasteiger partial charge in [0, 0.05) is 24.1 Å². The van der Waals surface area contributed by atoms with Crippen LogP contribution in [0.1, 0.15) is 12.2 Å². The van der Waals surface area contributed by atoms with Crippen molar-refractivity contribution in [1.82, 2.24) is 5.32 Å². The van der Waals surface area contributed by atoms with Gasteiger partial charge in [0.25, 0.3) is 10.0 Å². The van der Waals surface area contributed by atoms with Crippen molar-refractivity contribution in [3.8, 4) is 5.75 Å². The fourth-order valence-corrected chi connectivity index (χ4v) is 3.93. The Morgan fingerprint density at radius 3 is 2.64 bits per heavy atom. The van der Waals surface area contributed by atoms with Gasteiger partial charge < -0.3 is 20.2 Å². The highest BCUT2D eigenvalue weighted by atomic mass is 35.5. The number of carbonyl (C=O) groups is 2. The van der Waals surface area contributed by atoms with E-state index in [-0.39, 0.29) is 35.0 Å². The number of hydrogen-bond acceptors (Lipinski definition) is 6. The molecule has 0 aliphatic carbocycles. The van der Waals surface area contributed by atoms with E-state index < -0.39 is 21.8 Å². The summed E-state index contributed by atoms with van der Waals surface area (Å²) in [4.78, 5) is 23.8. The van der Waals surface area contributed by atoms with Crippen molar-refractivity contribution in [3.05, 3.63) is 77.7 Å². The lowest BCUT2D eigenvalue weighted by Gasteiger charge is -2.12. The normalized spacial score (nSPS) is 11.3. The van der Waals surface area contributed by atoms with Crippen molar-refractivity contribution in [3.63, 3.8) is 0 Å². The van der Waals surface area contributed by atoms with E-state index in [0.717, 1.165) is 12.1 Å². The van der Waals surface area contributed by atoms with Crippen LogP contribution in [0.25, 0.3) is 6.08 Å². The minimum absolute atomic E-state index is 0.0300. The van der Waals surface area contributed by atoms with E-state index in [0.29, 0.717) is 10.8 Å². The summed E-state index contributed by atoms with van der Waals surface area (Å²) in [5.74, 6) is -0.742. The average Bonchev–Trinajstić information content (AvgIpc) is 3.27. The fourth-order valence-electron chi connectivity index (χ4n) is 2.66. The predicted octanol–water partition coefficient (Wildman–Crippen LogP) is 3.60. The zero-order chi connectivity index (χ0) is 23.8. The van der Waals surface area contributed by atoms with Gasteiger partial charge in [0.1, 0.15) is 11.5 Å². The van der Waals surface area contributed by atoms with Crippen molar-refractivity contribution >= 4 is 50.9 Å². The SMILES string of the molecule is O=C(/C=C/c1ccco1)NCCC(=O)Nc1cc(S(=O)(=O)Nc2cccc(Cl)c2)ccc1O. The molecule has 0 fully saturated rings. The van der Waals surface area contributed by atoms with Crippen molar-refractivity contribution in [2.24, 2.45) is 0 Å². The number of nitrogens with one attached hydrogen (secondary N) is 3. The Hall–Kier alpha value is -3.76. The van der Waals surface area contributed by atoms with Gasteiger partial charge in [-0.2, -0.15) is 0 Å². The van der Waals surface area contributed by atoms with E-state index in [4.69, 9.17) is 16.0 Å². The molecule has 2 aromatic carbocycles. The number of halogens is 1. The van der Waals surface area contributed by atoms with Gasteiger partial charge in [-0.05, 0) is 54.6 Å². The number of sulfonamides is 1. The Kier molecular flexibility index (Phi) is 7.75. The van der Waals surface area contributed by atoms with Crippen LogP contribution >= 0.6 is 11.6 Å². The van der Waals surface area contributed by atoms with E-state index in [1.165, 1.54) is 36.6 Å². The Balaban J connectivity index is 1.57. The Labute approximate surface area is 195 Å². The summed E-state index contributed by atoms with van der Waals surface area (Å²) in [6.45, 7) is 0.0300. The smallest absolute Gasteiger partial charge is 0.261 e. The highest BCUT2D eigenvalue weighted by Crippen LogP contribution is 2.28. The molecule has 0 aliphatic heterocycles. The Bertz CT molecular complexity index is 1270. The third kappa shape index (κ3) is 7.13. The molecule has 0 radical (unpaired) electrons.